The van der Waals surface area contributed by atoms with Crippen molar-refractivity contribution in [3.05, 3.63) is 45.6 Å². The normalized spacial score (nSPS) is 16.5. The van der Waals surface area contributed by atoms with Gasteiger partial charge in [-0.25, -0.2) is 4.79 Å². The first-order valence-corrected chi connectivity index (χ1v) is 8.08. The number of rotatable bonds is 5. The summed E-state index contributed by atoms with van der Waals surface area (Å²) in [7, 11) is 1.55. The molecule has 24 heavy (non-hydrogen) atoms. The van der Waals surface area contributed by atoms with Crippen LogP contribution in [0.25, 0.3) is 0 Å². The number of aromatic nitrogens is 4. The maximum absolute atomic E-state index is 12.6. The molecule has 0 saturated carbocycles. The second kappa shape index (κ2) is 7.10. The number of carbonyl (C=O) groups is 1. The van der Waals surface area contributed by atoms with Crippen molar-refractivity contribution < 1.29 is 14.3 Å². The highest BCUT2D eigenvalue weighted by Crippen LogP contribution is 2.35. The van der Waals surface area contributed by atoms with E-state index in [1.807, 2.05) is 24.3 Å². The van der Waals surface area contributed by atoms with Crippen LogP contribution in [-0.4, -0.2) is 46.5 Å². The largest absolute Gasteiger partial charge is 0.460 e. The molecule has 2 heterocycles. The summed E-state index contributed by atoms with van der Waals surface area (Å²) in [6, 6.07) is 7.19. The quantitative estimate of drug-likeness (QED) is 0.612. The van der Waals surface area contributed by atoms with E-state index in [9.17, 15) is 4.79 Å². The molecule has 3 rings (SSSR count). The monoisotopic (exact) mass is 393 g/mol. The Morgan fingerprint density at radius 2 is 2.08 bits per heavy atom. The Kier molecular flexibility index (Phi) is 4.91. The number of tetrazole rings is 1. The molecule has 0 radical (unpaired) electrons. The van der Waals surface area contributed by atoms with Gasteiger partial charge in [0.1, 0.15) is 12.6 Å². The number of esters is 1. The SMILES string of the molecule is COCCOC(=O)C1=C(C)Nc2nnnn2C1c1ccc(Br)cc1. The standard InChI is InChI=1S/C15H16BrN5O3/c1-9-12(14(22)24-8-7-23-2)13(10-3-5-11(16)6-4-10)21-15(17-9)18-19-20-21/h3-6,13H,7-8H2,1-2H3,(H,17,18,20). The molecule has 0 fully saturated rings. The number of allylic oxidation sites excluding steroid dienone is 1. The summed E-state index contributed by atoms with van der Waals surface area (Å²) in [5, 5.41) is 14.7. The van der Waals surface area contributed by atoms with Crippen molar-refractivity contribution in [2.45, 2.75) is 13.0 Å². The molecule has 1 aromatic carbocycles. The predicted molar refractivity (Wildman–Crippen MR) is 89.3 cm³/mol. The number of benzene rings is 1. The summed E-state index contributed by atoms with van der Waals surface area (Å²) < 4.78 is 12.7. The molecule has 0 spiro atoms. The number of hydrogen-bond donors (Lipinski definition) is 1. The van der Waals surface area contributed by atoms with Crippen molar-refractivity contribution in [2.75, 3.05) is 25.6 Å². The molecule has 1 aromatic heterocycles. The molecule has 126 valence electrons. The molecule has 0 bridgehead atoms. The fourth-order valence-corrected chi connectivity index (χ4v) is 2.79. The lowest BCUT2D eigenvalue weighted by Gasteiger charge is -2.27. The van der Waals surface area contributed by atoms with Gasteiger partial charge < -0.3 is 14.8 Å². The molecule has 0 amide bonds. The van der Waals surface area contributed by atoms with Gasteiger partial charge in [0, 0.05) is 17.3 Å². The third-order valence-electron chi connectivity index (χ3n) is 3.64. The summed E-state index contributed by atoms with van der Waals surface area (Å²) in [4.78, 5) is 12.6. The van der Waals surface area contributed by atoms with E-state index in [1.54, 1.807) is 18.7 Å². The van der Waals surface area contributed by atoms with Crippen LogP contribution in [0.5, 0.6) is 0 Å². The number of halogens is 1. The third kappa shape index (κ3) is 3.17. The number of anilines is 1. The zero-order valence-corrected chi connectivity index (χ0v) is 14.8. The first-order valence-electron chi connectivity index (χ1n) is 7.29. The Labute approximate surface area is 147 Å². The molecule has 8 nitrogen and oxygen atoms in total. The summed E-state index contributed by atoms with van der Waals surface area (Å²) in [5.41, 5.74) is 2.01. The second-order valence-corrected chi connectivity index (χ2v) is 6.11. The van der Waals surface area contributed by atoms with Crippen LogP contribution >= 0.6 is 15.9 Å². The Morgan fingerprint density at radius 3 is 2.79 bits per heavy atom. The summed E-state index contributed by atoms with van der Waals surface area (Å²) in [5.74, 6) is 0.0555. The van der Waals surface area contributed by atoms with E-state index in [-0.39, 0.29) is 6.61 Å². The average Bonchev–Trinajstić information content (AvgIpc) is 3.02. The smallest absolute Gasteiger partial charge is 0.338 e. The minimum Gasteiger partial charge on any atom is -0.460 e. The van der Waals surface area contributed by atoms with E-state index < -0.39 is 12.0 Å². The van der Waals surface area contributed by atoms with Gasteiger partial charge in [0.25, 0.3) is 0 Å². The summed E-state index contributed by atoms with van der Waals surface area (Å²) >= 11 is 3.41. The van der Waals surface area contributed by atoms with Gasteiger partial charge >= 0.3 is 5.97 Å². The van der Waals surface area contributed by atoms with Crippen LogP contribution in [-0.2, 0) is 14.3 Å². The summed E-state index contributed by atoms with van der Waals surface area (Å²) in [6.07, 6.45) is 0. The van der Waals surface area contributed by atoms with Crippen LogP contribution < -0.4 is 5.32 Å². The maximum atomic E-state index is 12.6. The van der Waals surface area contributed by atoms with Gasteiger partial charge in [0.15, 0.2) is 0 Å². The Morgan fingerprint density at radius 1 is 1.33 bits per heavy atom. The lowest BCUT2D eigenvalue weighted by Crippen LogP contribution is -2.30. The average molecular weight is 394 g/mol. The van der Waals surface area contributed by atoms with Crippen molar-refractivity contribution in [1.82, 2.24) is 20.2 Å². The Hall–Kier alpha value is -2.26. The highest BCUT2D eigenvalue weighted by atomic mass is 79.9. The van der Waals surface area contributed by atoms with Gasteiger partial charge in [0.2, 0.25) is 5.95 Å². The fraction of sp³-hybridized carbons (Fsp3) is 0.333. The van der Waals surface area contributed by atoms with Gasteiger partial charge in [-0.15, -0.1) is 0 Å². The van der Waals surface area contributed by atoms with E-state index in [0.29, 0.717) is 23.8 Å². The predicted octanol–water partition coefficient (Wildman–Crippen LogP) is 1.91. The zero-order valence-electron chi connectivity index (χ0n) is 13.2. The second-order valence-electron chi connectivity index (χ2n) is 5.19. The van der Waals surface area contributed by atoms with Crippen molar-refractivity contribution in [2.24, 2.45) is 0 Å². The molecule has 1 aliphatic heterocycles. The number of hydrogen-bond acceptors (Lipinski definition) is 7. The van der Waals surface area contributed by atoms with Crippen LogP contribution in [0, 0.1) is 0 Å². The van der Waals surface area contributed by atoms with Crippen LogP contribution in [0.2, 0.25) is 0 Å². The van der Waals surface area contributed by atoms with E-state index in [2.05, 4.69) is 36.8 Å². The molecule has 9 heteroatoms. The number of ether oxygens (including phenoxy) is 2. The molecular weight excluding hydrogens is 378 g/mol. The topological polar surface area (TPSA) is 91.2 Å². The van der Waals surface area contributed by atoms with Crippen molar-refractivity contribution in [3.8, 4) is 0 Å². The molecule has 1 aliphatic rings. The first kappa shape index (κ1) is 16.6. The number of methoxy groups -OCH3 is 1. The summed E-state index contributed by atoms with van der Waals surface area (Å²) in [6.45, 7) is 2.32. The van der Waals surface area contributed by atoms with Gasteiger partial charge in [-0.2, -0.15) is 4.68 Å². The molecule has 0 aliphatic carbocycles. The highest BCUT2D eigenvalue weighted by molar-refractivity contribution is 9.10. The van der Waals surface area contributed by atoms with Crippen molar-refractivity contribution in [1.29, 1.82) is 0 Å². The van der Waals surface area contributed by atoms with Crippen molar-refractivity contribution >= 4 is 27.8 Å². The number of nitrogens with one attached hydrogen (secondary N) is 1. The molecule has 1 N–H and O–H groups in total. The lowest BCUT2D eigenvalue weighted by molar-refractivity contribution is -0.140. The molecule has 1 unspecified atom stereocenters. The van der Waals surface area contributed by atoms with Crippen molar-refractivity contribution in [3.63, 3.8) is 0 Å². The number of fused-ring (bicyclic) bond motifs is 1. The number of nitrogens with zero attached hydrogens (tertiary/aromatic N) is 4. The highest BCUT2D eigenvalue weighted by Gasteiger charge is 2.34. The zero-order chi connectivity index (χ0) is 17.1. The minimum atomic E-state index is -0.459. The van der Waals surface area contributed by atoms with E-state index in [4.69, 9.17) is 9.47 Å². The Bertz CT molecular complexity index is 772. The first-order chi connectivity index (χ1) is 11.6. The van der Waals surface area contributed by atoms with Gasteiger partial charge in [-0.3, -0.25) is 0 Å². The molecule has 2 aromatic rings. The molecular formula is C15H16BrN5O3. The van der Waals surface area contributed by atoms with E-state index in [1.165, 1.54) is 0 Å². The number of carbonyl (C=O) groups excluding carboxylic acids is 1. The maximum Gasteiger partial charge on any atom is 0.338 e. The third-order valence-corrected chi connectivity index (χ3v) is 4.17. The van der Waals surface area contributed by atoms with Crippen LogP contribution in [0.3, 0.4) is 0 Å². The van der Waals surface area contributed by atoms with E-state index >= 15 is 0 Å². The van der Waals surface area contributed by atoms with Gasteiger partial charge in [-0.05, 0) is 35.0 Å². The minimum absolute atomic E-state index is 0.182. The fourth-order valence-electron chi connectivity index (χ4n) is 2.53. The van der Waals surface area contributed by atoms with Crippen LogP contribution in [0.15, 0.2) is 40.0 Å². The van der Waals surface area contributed by atoms with Gasteiger partial charge in [0.05, 0.1) is 12.2 Å². The Balaban J connectivity index is 2.00. The van der Waals surface area contributed by atoms with Crippen LogP contribution in [0.1, 0.15) is 18.5 Å². The molecule has 0 saturated heterocycles. The van der Waals surface area contributed by atoms with Crippen LogP contribution in [0.4, 0.5) is 5.95 Å². The molecule has 1 atom stereocenters. The lowest BCUT2D eigenvalue weighted by atomic mass is 9.96. The van der Waals surface area contributed by atoms with E-state index in [0.717, 1.165) is 10.0 Å². The van der Waals surface area contributed by atoms with Gasteiger partial charge in [-0.1, -0.05) is 33.2 Å².